The zero-order chi connectivity index (χ0) is 14.1. The Balaban J connectivity index is 1.65. The lowest BCUT2D eigenvalue weighted by Crippen LogP contribution is -2.38. The van der Waals surface area contributed by atoms with Crippen molar-refractivity contribution in [3.8, 4) is 0 Å². The number of nitrogens with zero attached hydrogens (tertiary/aromatic N) is 3. The molecule has 0 aliphatic carbocycles. The van der Waals surface area contributed by atoms with E-state index in [-0.39, 0.29) is 0 Å². The predicted molar refractivity (Wildman–Crippen MR) is 82.7 cm³/mol. The third-order valence-corrected chi connectivity index (χ3v) is 4.40. The number of anilines is 1. The van der Waals surface area contributed by atoms with Gasteiger partial charge in [0.2, 0.25) is 0 Å². The van der Waals surface area contributed by atoms with Gasteiger partial charge in [0.05, 0.1) is 5.69 Å². The molecule has 4 heteroatoms. The van der Waals surface area contributed by atoms with Crippen molar-refractivity contribution in [1.82, 2.24) is 14.3 Å². The summed E-state index contributed by atoms with van der Waals surface area (Å²) < 4.78 is 2.04. The molecule has 0 amide bonds. The lowest BCUT2D eigenvalue weighted by atomic mass is 9.92. The minimum absolute atomic E-state index is 0.675. The fourth-order valence-electron chi connectivity index (χ4n) is 3.13. The molecule has 20 heavy (non-hydrogen) atoms. The van der Waals surface area contributed by atoms with Gasteiger partial charge in [-0.2, -0.15) is 0 Å². The molecule has 0 atom stereocenters. The molecule has 2 aromatic rings. The molecule has 0 spiro atoms. The van der Waals surface area contributed by atoms with Crippen LogP contribution in [0.1, 0.15) is 32.4 Å². The molecule has 3 rings (SSSR count). The van der Waals surface area contributed by atoms with E-state index in [2.05, 4.69) is 24.9 Å². The van der Waals surface area contributed by atoms with Crippen LogP contribution in [0.25, 0.3) is 5.65 Å². The Hall–Kier alpha value is -1.55. The van der Waals surface area contributed by atoms with Crippen molar-refractivity contribution in [1.29, 1.82) is 0 Å². The zero-order valence-electron chi connectivity index (χ0n) is 12.4. The van der Waals surface area contributed by atoms with Crippen LogP contribution in [0.15, 0.2) is 24.5 Å². The molecule has 1 aliphatic rings. The van der Waals surface area contributed by atoms with E-state index in [0.717, 1.165) is 23.7 Å². The van der Waals surface area contributed by atoms with Crippen molar-refractivity contribution in [2.45, 2.75) is 39.2 Å². The van der Waals surface area contributed by atoms with Crippen LogP contribution in [-0.4, -0.2) is 33.4 Å². The van der Waals surface area contributed by atoms with E-state index >= 15 is 0 Å². The van der Waals surface area contributed by atoms with E-state index < -0.39 is 0 Å². The maximum absolute atomic E-state index is 5.81. The number of rotatable bonds is 3. The molecule has 108 valence electrons. The largest absolute Gasteiger partial charge is 0.398 e. The van der Waals surface area contributed by atoms with Crippen molar-refractivity contribution >= 4 is 11.3 Å². The second-order valence-electron chi connectivity index (χ2n) is 6.24. The van der Waals surface area contributed by atoms with E-state index in [1.165, 1.54) is 31.6 Å². The van der Waals surface area contributed by atoms with Crippen molar-refractivity contribution in [2.24, 2.45) is 5.92 Å². The number of hydrogen-bond donors (Lipinski definition) is 1. The maximum atomic E-state index is 5.81. The number of pyridine rings is 1. The molecule has 2 N–H and O–H groups in total. The van der Waals surface area contributed by atoms with Crippen molar-refractivity contribution < 1.29 is 0 Å². The highest BCUT2D eigenvalue weighted by atomic mass is 15.1. The Morgan fingerprint density at radius 2 is 2.00 bits per heavy atom. The van der Waals surface area contributed by atoms with Crippen molar-refractivity contribution in [3.63, 3.8) is 0 Å². The lowest BCUT2D eigenvalue weighted by molar-refractivity contribution is 0.149. The minimum atomic E-state index is 0.675. The number of piperidine rings is 1. The summed E-state index contributed by atoms with van der Waals surface area (Å²) in [4.78, 5) is 7.27. The monoisotopic (exact) mass is 272 g/mol. The molecular weight excluding hydrogens is 248 g/mol. The van der Waals surface area contributed by atoms with Crippen LogP contribution in [-0.2, 0) is 6.42 Å². The van der Waals surface area contributed by atoms with Crippen LogP contribution in [0.2, 0.25) is 0 Å². The molecule has 0 saturated carbocycles. The second-order valence-corrected chi connectivity index (χ2v) is 6.24. The summed E-state index contributed by atoms with van der Waals surface area (Å²) in [7, 11) is 0. The molecule has 4 nitrogen and oxygen atoms in total. The molecule has 0 bridgehead atoms. The van der Waals surface area contributed by atoms with E-state index in [1.807, 2.05) is 22.7 Å². The molecular formula is C16H24N4. The van der Waals surface area contributed by atoms with Crippen LogP contribution in [0.3, 0.4) is 0 Å². The topological polar surface area (TPSA) is 46.6 Å². The molecule has 1 fully saturated rings. The molecule has 1 aliphatic heterocycles. The van der Waals surface area contributed by atoms with Gasteiger partial charge in [0.15, 0.2) is 0 Å². The number of nitrogen functional groups attached to an aromatic ring is 1. The number of fused-ring (bicyclic) bond motifs is 1. The number of aromatic nitrogens is 2. The van der Waals surface area contributed by atoms with Crippen LogP contribution in [0.5, 0.6) is 0 Å². The average molecular weight is 272 g/mol. The molecule has 0 unspecified atom stereocenters. The number of hydrogen-bond acceptors (Lipinski definition) is 3. The van der Waals surface area contributed by atoms with Gasteiger partial charge >= 0.3 is 0 Å². The van der Waals surface area contributed by atoms with Gasteiger partial charge in [0.1, 0.15) is 5.65 Å². The Kier molecular flexibility index (Phi) is 3.66. The van der Waals surface area contributed by atoms with Gasteiger partial charge in [-0.1, -0.05) is 0 Å². The molecule has 3 heterocycles. The first-order chi connectivity index (χ1) is 9.61. The lowest BCUT2D eigenvalue weighted by Gasteiger charge is -2.34. The van der Waals surface area contributed by atoms with Crippen LogP contribution in [0.4, 0.5) is 5.69 Å². The molecule has 0 radical (unpaired) electrons. The third kappa shape index (κ3) is 2.80. The number of nitrogens with two attached hydrogens (primary N) is 1. The van der Waals surface area contributed by atoms with Gasteiger partial charge in [0.25, 0.3) is 0 Å². The van der Waals surface area contributed by atoms with Crippen LogP contribution < -0.4 is 5.73 Å². The van der Waals surface area contributed by atoms with Gasteiger partial charge in [-0.25, -0.2) is 4.98 Å². The van der Waals surface area contributed by atoms with E-state index in [4.69, 9.17) is 10.7 Å². The first-order valence-corrected chi connectivity index (χ1v) is 7.59. The SMILES string of the molecule is CC(C)N1CCC(Cc2cn3cc(N)ccc3n2)CC1. The smallest absolute Gasteiger partial charge is 0.137 e. The summed E-state index contributed by atoms with van der Waals surface area (Å²) >= 11 is 0. The quantitative estimate of drug-likeness (QED) is 0.934. The third-order valence-electron chi connectivity index (χ3n) is 4.40. The molecule has 0 aromatic carbocycles. The summed E-state index contributed by atoms with van der Waals surface area (Å²) in [6.45, 7) is 7.02. The molecule has 1 saturated heterocycles. The Bertz CT molecular complexity index is 579. The van der Waals surface area contributed by atoms with Crippen LogP contribution >= 0.6 is 0 Å². The Morgan fingerprint density at radius 1 is 1.25 bits per heavy atom. The standard InChI is InChI=1S/C16H24N4/c1-12(2)19-7-5-13(6-8-19)9-15-11-20-10-14(17)3-4-16(20)18-15/h3-4,10-13H,5-9,17H2,1-2H3. The fourth-order valence-corrected chi connectivity index (χ4v) is 3.13. The number of likely N-dealkylation sites (tertiary alicyclic amines) is 1. The first-order valence-electron chi connectivity index (χ1n) is 7.59. The predicted octanol–water partition coefficient (Wildman–Crippen LogP) is 2.58. The number of imidazole rings is 1. The van der Waals surface area contributed by atoms with Gasteiger partial charge in [0, 0.05) is 24.1 Å². The van der Waals surface area contributed by atoms with E-state index in [0.29, 0.717) is 6.04 Å². The van der Waals surface area contributed by atoms with Crippen LogP contribution in [0, 0.1) is 5.92 Å². The normalized spacial score (nSPS) is 18.1. The summed E-state index contributed by atoms with van der Waals surface area (Å²) in [5.74, 6) is 0.771. The summed E-state index contributed by atoms with van der Waals surface area (Å²) in [5, 5.41) is 0. The van der Waals surface area contributed by atoms with Gasteiger partial charge < -0.3 is 15.0 Å². The highest BCUT2D eigenvalue weighted by Crippen LogP contribution is 2.23. The first kappa shape index (κ1) is 13.4. The van der Waals surface area contributed by atoms with Crippen molar-refractivity contribution in [2.75, 3.05) is 18.8 Å². The Morgan fingerprint density at radius 3 is 2.70 bits per heavy atom. The van der Waals surface area contributed by atoms with Gasteiger partial charge in [-0.05, 0) is 64.3 Å². The Labute approximate surface area is 120 Å². The van der Waals surface area contributed by atoms with Gasteiger partial charge in [-0.15, -0.1) is 0 Å². The summed E-state index contributed by atoms with van der Waals surface area (Å²) in [6, 6.07) is 4.57. The highest BCUT2D eigenvalue weighted by Gasteiger charge is 2.21. The van der Waals surface area contributed by atoms with Gasteiger partial charge in [-0.3, -0.25) is 0 Å². The molecule has 2 aromatic heterocycles. The fraction of sp³-hybridized carbons (Fsp3) is 0.562. The minimum Gasteiger partial charge on any atom is -0.398 e. The average Bonchev–Trinajstić information content (AvgIpc) is 2.80. The maximum Gasteiger partial charge on any atom is 0.137 e. The second kappa shape index (κ2) is 5.44. The highest BCUT2D eigenvalue weighted by molar-refractivity contribution is 5.48. The summed E-state index contributed by atoms with van der Waals surface area (Å²) in [6.07, 6.45) is 7.73. The van der Waals surface area contributed by atoms with Crippen molar-refractivity contribution in [3.05, 3.63) is 30.2 Å². The van der Waals surface area contributed by atoms with E-state index in [9.17, 15) is 0 Å². The summed E-state index contributed by atoms with van der Waals surface area (Å²) in [5.41, 5.74) is 8.78. The zero-order valence-corrected chi connectivity index (χ0v) is 12.4. The van der Waals surface area contributed by atoms with E-state index in [1.54, 1.807) is 0 Å².